The Morgan fingerprint density at radius 2 is 0.820 bits per heavy atom. The summed E-state index contributed by atoms with van der Waals surface area (Å²) in [5.41, 5.74) is 0. The van der Waals surface area contributed by atoms with Gasteiger partial charge in [-0.15, -0.1) is 0 Å². The summed E-state index contributed by atoms with van der Waals surface area (Å²) in [7, 11) is 0. The van der Waals surface area contributed by atoms with Crippen molar-refractivity contribution in [1.82, 2.24) is 5.32 Å². The van der Waals surface area contributed by atoms with Gasteiger partial charge in [-0.3, -0.25) is 9.59 Å². The monoisotopic (exact) mass is 856 g/mol. The first-order valence-corrected chi connectivity index (χ1v) is 26.4. The number of carbonyl (C=O) groups excluding carboxylic acids is 2. The van der Waals surface area contributed by atoms with E-state index in [1.807, 2.05) is 6.08 Å². The van der Waals surface area contributed by atoms with E-state index in [1.54, 1.807) is 6.08 Å². The molecular formula is C55H101NO5. The smallest absolute Gasteiger partial charge is 0.305 e. The number of ether oxygens (including phenoxy) is 1. The molecule has 0 aliphatic heterocycles. The highest BCUT2D eigenvalue weighted by Gasteiger charge is 2.18. The van der Waals surface area contributed by atoms with Gasteiger partial charge in [-0.05, 0) is 89.9 Å². The van der Waals surface area contributed by atoms with Gasteiger partial charge in [0.2, 0.25) is 5.91 Å². The second-order valence-electron chi connectivity index (χ2n) is 17.9. The van der Waals surface area contributed by atoms with Gasteiger partial charge in [-0.25, -0.2) is 0 Å². The van der Waals surface area contributed by atoms with Crippen LogP contribution in [0, 0.1) is 0 Å². The first kappa shape index (κ1) is 58.8. The van der Waals surface area contributed by atoms with Crippen LogP contribution >= 0.6 is 0 Å². The zero-order valence-electron chi connectivity index (χ0n) is 40.4. The van der Waals surface area contributed by atoms with Gasteiger partial charge in [0.05, 0.1) is 25.4 Å². The van der Waals surface area contributed by atoms with Gasteiger partial charge in [0, 0.05) is 12.8 Å². The molecule has 0 aliphatic carbocycles. The lowest BCUT2D eigenvalue weighted by atomic mass is 10.0. The standard InChI is InChI=1S/C55H101NO5/c1-3-5-7-9-11-13-15-16-25-29-33-37-41-45-49-55(60)61-50-46-42-38-34-30-26-23-21-19-17-18-20-22-24-28-32-36-40-44-48-54(59)56-52(51-57)53(58)47-43-39-35-31-27-14-12-10-8-6-4-2/h15-16,21,23,26,30,43,47,52-53,57-58H,3-14,17-20,22,24-25,27-29,31-42,44-46,48-51H2,1-2H3,(H,56,59)/b16-15-,23-21-,30-26-,47-43+. The number of aliphatic hydroxyl groups is 2. The highest BCUT2D eigenvalue weighted by Crippen LogP contribution is 2.15. The Hall–Kier alpha value is -2.18. The molecule has 0 rings (SSSR count). The van der Waals surface area contributed by atoms with Crippen LogP contribution in [0.4, 0.5) is 0 Å². The van der Waals surface area contributed by atoms with Crippen LogP contribution in [0.25, 0.3) is 0 Å². The summed E-state index contributed by atoms with van der Waals surface area (Å²) in [6.45, 7) is 4.82. The van der Waals surface area contributed by atoms with E-state index in [0.29, 0.717) is 19.4 Å². The topological polar surface area (TPSA) is 95.9 Å². The van der Waals surface area contributed by atoms with Crippen LogP contribution in [0.15, 0.2) is 48.6 Å². The largest absolute Gasteiger partial charge is 0.466 e. The zero-order valence-corrected chi connectivity index (χ0v) is 40.4. The quantitative estimate of drug-likeness (QED) is 0.0245. The predicted octanol–water partition coefficient (Wildman–Crippen LogP) is 15.8. The molecule has 6 heteroatoms. The molecule has 2 atom stereocenters. The molecule has 0 aliphatic rings. The Kier molecular flexibility index (Phi) is 48.7. The highest BCUT2D eigenvalue weighted by molar-refractivity contribution is 5.76. The van der Waals surface area contributed by atoms with E-state index < -0.39 is 12.1 Å². The van der Waals surface area contributed by atoms with Gasteiger partial charge < -0.3 is 20.3 Å². The fourth-order valence-corrected chi connectivity index (χ4v) is 7.73. The fourth-order valence-electron chi connectivity index (χ4n) is 7.73. The summed E-state index contributed by atoms with van der Waals surface area (Å²) in [4.78, 5) is 24.4. The predicted molar refractivity (Wildman–Crippen MR) is 264 cm³/mol. The van der Waals surface area contributed by atoms with E-state index in [1.165, 1.54) is 161 Å². The molecule has 0 aromatic carbocycles. The number of hydrogen-bond acceptors (Lipinski definition) is 5. The van der Waals surface area contributed by atoms with E-state index in [2.05, 4.69) is 55.6 Å². The maximum Gasteiger partial charge on any atom is 0.305 e. The zero-order chi connectivity index (χ0) is 44.4. The van der Waals surface area contributed by atoms with E-state index >= 15 is 0 Å². The Labute approximate surface area is 378 Å². The Morgan fingerprint density at radius 1 is 0.459 bits per heavy atom. The van der Waals surface area contributed by atoms with Gasteiger partial charge in [0.15, 0.2) is 0 Å². The summed E-state index contributed by atoms with van der Waals surface area (Å²) in [5.74, 6) is -0.104. The first-order chi connectivity index (χ1) is 30.0. The molecule has 3 N–H and O–H groups in total. The molecule has 0 aromatic rings. The highest BCUT2D eigenvalue weighted by atomic mass is 16.5. The summed E-state index contributed by atoms with van der Waals surface area (Å²) in [6.07, 6.45) is 62.6. The summed E-state index contributed by atoms with van der Waals surface area (Å²) in [6, 6.07) is -0.635. The Balaban J connectivity index is 3.51. The number of carbonyl (C=O) groups is 2. The lowest BCUT2D eigenvalue weighted by molar-refractivity contribution is -0.143. The van der Waals surface area contributed by atoms with Crippen LogP contribution in [-0.2, 0) is 14.3 Å². The molecule has 0 saturated carbocycles. The van der Waals surface area contributed by atoms with Gasteiger partial charge in [0.1, 0.15) is 0 Å². The van der Waals surface area contributed by atoms with Crippen LogP contribution in [0.3, 0.4) is 0 Å². The number of esters is 1. The van der Waals surface area contributed by atoms with Crippen LogP contribution in [-0.4, -0.2) is 47.4 Å². The minimum Gasteiger partial charge on any atom is -0.466 e. The lowest BCUT2D eigenvalue weighted by Crippen LogP contribution is -2.45. The molecule has 0 spiro atoms. The average Bonchev–Trinajstić information content (AvgIpc) is 3.26. The molecule has 0 bridgehead atoms. The van der Waals surface area contributed by atoms with Crippen LogP contribution in [0.5, 0.6) is 0 Å². The lowest BCUT2D eigenvalue weighted by Gasteiger charge is -2.20. The van der Waals surface area contributed by atoms with Crippen molar-refractivity contribution in [3.63, 3.8) is 0 Å². The van der Waals surface area contributed by atoms with Crippen molar-refractivity contribution in [2.24, 2.45) is 0 Å². The summed E-state index contributed by atoms with van der Waals surface area (Å²) >= 11 is 0. The third kappa shape index (κ3) is 47.1. The minimum absolute atomic E-state index is 0.0237. The molecule has 2 unspecified atom stereocenters. The first-order valence-electron chi connectivity index (χ1n) is 26.4. The van der Waals surface area contributed by atoms with Gasteiger partial charge in [-0.2, -0.15) is 0 Å². The Morgan fingerprint density at radius 3 is 1.26 bits per heavy atom. The van der Waals surface area contributed by atoms with Gasteiger partial charge in [-0.1, -0.05) is 210 Å². The van der Waals surface area contributed by atoms with Crippen LogP contribution < -0.4 is 5.32 Å². The van der Waals surface area contributed by atoms with Crippen molar-refractivity contribution in [2.75, 3.05) is 13.2 Å². The number of hydrogen-bond donors (Lipinski definition) is 3. The van der Waals surface area contributed by atoms with Crippen molar-refractivity contribution in [2.45, 2.75) is 276 Å². The van der Waals surface area contributed by atoms with E-state index in [-0.39, 0.29) is 18.5 Å². The van der Waals surface area contributed by atoms with Gasteiger partial charge >= 0.3 is 5.97 Å². The molecule has 0 heterocycles. The van der Waals surface area contributed by atoms with Gasteiger partial charge in [0.25, 0.3) is 0 Å². The molecule has 0 radical (unpaired) electrons. The number of amides is 1. The second kappa shape index (κ2) is 50.5. The van der Waals surface area contributed by atoms with Crippen molar-refractivity contribution in [3.8, 4) is 0 Å². The Bertz CT molecular complexity index is 1040. The molecule has 0 saturated heterocycles. The van der Waals surface area contributed by atoms with Crippen molar-refractivity contribution >= 4 is 11.9 Å². The molecule has 6 nitrogen and oxygen atoms in total. The molecule has 356 valence electrons. The average molecular weight is 856 g/mol. The van der Waals surface area contributed by atoms with Crippen LogP contribution in [0.2, 0.25) is 0 Å². The second-order valence-corrected chi connectivity index (χ2v) is 17.9. The molecular weight excluding hydrogens is 755 g/mol. The third-order valence-electron chi connectivity index (χ3n) is 11.8. The number of nitrogens with one attached hydrogen (secondary N) is 1. The van der Waals surface area contributed by atoms with Crippen molar-refractivity contribution < 1.29 is 24.5 Å². The molecule has 0 fully saturated rings. The number of unbranched alkanes of at least 4 members (excludes halogenated alkanes) is 32. The summed E-state index contributed by atoms with van der Waals surface area (Å²) in [5, 5.41) is 23.0. The number of rotatable bonds is 48. The molecule has 1 amide bonds. The maximum atomic E-state index is 12.4. The molecule has 61 heavy (non-hydrogen) atoms. The number of allylic oxidation sites excluding steroid dienone is 7. The number of aliphatic hydroxyl groups excluding tert-OH is 2. The van der Waals surface area contributed by atoms with E-state index in [4.69, 9.17) is 4.74 Å². The van der Waals surface area contributed by atoms with E-state index in [0.717, 1.165) is 77.0 Å². The fraction of sp³-hybridized carbons (Fsp3) is 0.818. The SMILES string of the molecule is CCCCCCC/C=C\CCCCCCCC(=O)OCCCCC/C=C\C=C/CCCCCCCCCCCCC(=O)NC(CO)C(O)/C=C/CCCCCCCCCCC. The minimum atomic E-state index is -0.850. The van der Waals surface area contributed by atoms with Crippen molar-refractivity contribution in [3.05, 3.63) is 48.6 Å². The normalized spacial score (nSPS) is 13.0. The van der Waals surface area contributed by atoms with Crippen LogP contribution in [0.1, 0.15) is 264 Å². The summed E-state index contributed by atoms with van der Waals surface area (Å²) < 4.78 is 5.44. The maximum absolute atomic E-state index is 12.4. The van der Waals surface area contributed by atoms with Crippen molar-refractivity contribution in [1.29, 1.82) is 0 Å². The molecule has 0 aromatic heterocycles. The third-order valence-corrected chi connectivity index (χ3v) is 11.8. The van der Waals surface area contributed by atoms with E-state index in [9.17, 15) is 19.8 Å².